The second-order valence-electron chi connectivity index (χ2n) is 2.81. The van der Waals surface area contributed by atoms with Crippen molar-refractivity contribution in [1.29, 1.82) is 0 Å². The van der Waals surface area contributed by atoms with Crippen LogP contribution in [0.15, 0.2) is 5.11 Å². The molecule has 86 valence electrons. The van der Waals surface area contributed by atoms with Gasteiger partial charge in [-0.1, -0.05) is 5.11 Å². The topological polar surface area (TPSA) is 85.7 Å². The molecule has 1 heterocycles. The van der Waals surface area contributed by atoms with Crippen LogP contribution >= 0.6 is 0 Å². The molecule has 0 bridgehead atoms. The Kier molecular flexibility index (Phi) is 6.89. The summed E-state index contributed by atoms with van der Waals surface area (Å²) in [5.41, 5.74) is 7.98. The molecule has 1 saturated heterocycles. The van der Waals surface area contributed by atoms with E-state index in [4.69, 9.17) is 24.5 Å². The number of nitrogens with zero attached hydrogens (tertiary/aromatic N) is 3. The maximum atomic E-state index is 7.98. The standard InChI is InChI=1S/C8H15N3O4/c9-11-10-1-2-12-3-4-13-7-8-14-5-6-15-8/h8H,1-7H2. The molecule has 1 aliphatic heterocycles. The van der Waals surface area contributed by atoms with Gasteiger partial charge in [-0.2, -0.15) is 0 Å². The Morgan fingerprint density at radius 1 is 1.20 bits per heavy atom. The van der Waals surface area contributed by atoms with E-state index in [1.165, 1.54) is 0 Å². The van der Waals surface area contributed by atoms with E-state index in [-0.39, 0.29) is 6.29 Å². The van der Waals surface area contributed by atoms with Crippen LogP contribution in [0.3, 0.4) is 0 Å². The summed E-state index contributed by atoms with van der Waals surface area (Å²) in [5, 5.41) is 3.33. The molecule has 1 rings (SSSR count). The molecule has 0 unspecified atom stereocenters. The monoisotopic (exact) mass is 217 g/mol. The second kappa shape index (κ2) is 8.46. The molecule has 0 aromatic carbocycles. The van der Waals surface area contributed by atoms with Crippen LogP contribution in [-0.2, 0) is 18.9 Å². The van der Waals surface area contributed by atoms with Crippen LogP contribution in [-0.4, -0.2) is 52.5 Å². The SMILES string of the molecule is [N-]=[N+]=NCCOCCOCC1OCCO1. The van der Waals surface area contributed by atoms with E-state index in [9.17, 15) is 0 Å². The summed E-state index contributed by atoms with van der Waals surface area (Å²) in [4.78, 5) is 2.60. The molecule has 0 aromatic rings. The smallest absolute Gasteiger partial charge is 0.181 e. The van der Waals surface area contributed by atoms with Gasteiger partial charge in [0.2, 0.25) is 0 Å². The van der Waals surface area contributed by atoms with Gasteiger partial charge in [0, 0.05) is 11.5 Å². The quantitative estimate of drug-likeness (QED) is 0.259. The number of hydrogen-bond donors (Lipinski definition) is 0. The summed E-state index contributed by atoms with van der Waals surface area (Å²) in [6.45, 7) is 3.44. The van der Waals surface area contributed by atoms with Crippen molar-refractivity contribution in [2.75, 3.05) is 46.2 Å². The highest BCUT2D eigenvalue weighted by Gasteiger charge is 2.15. The lowest BCUT2D eigenvalue weighted by Crippen LogP contribution is -2.18. The lowest BCUT2D eigenvalue weighted by Gasteiger charge is -2.09. The Morgan fingerprint density at radius 2 is 1.93 bits per heavy atom. The van der Waals surface area contributed by atoms with Crippen LogP contribution in [0, 0.1) is 0 Å². The zero-order valence-electron chi connectivity index (χ0n) is 8.50. The molecule has 0 radical (unpaired) electrons. The first-order valence-electron chi connectivity index (χ1n) is 4.83. The highest BCUT2D eigenvalue weighted by atomic mass is 16.7. The number of ether oxygens (including phenoxy) is 4. The van der Waals surface area contributed by atoms with Crippen molar-refractivity contribution in [2.24, 2.45) is 5.11 Å². The third-order valence-corrected chi connectivity index (χ3v) is 1.72. The van der Waals surface area contributed by atoms with Gasteiger partial charge in [-0.3, -0.25) is 0 Å². The van der Waals surface area contributed by atoms with Crippen molar-refractivity contribution in [1.82, 2.24) is 0 Å². The third-order valence-electron chi connectivity index (χ3n) is 1.72. The molecular weight excluding hydrogens is 202 g/mol. The summed E-state index contributed by atoms with van der Waals surface area (Å²) in [5.74, 6) is 0. The minimum absolute atomic E-state index is 0.229. The van der Waals surface area contributed by atoms with Crippen LogP contribution in [0.25, 0.3) is 10.4 Å². The van der Waals surface area contributed by atoms with E-state index >= 15 is 0 Å². The van der Waals surface area contributed by atoms with Gasteiger partial charge in [0.15, 0.2) is 6.29 Å². The minimum atomic E-state index is -0.229. The Labute approximate surface area is 87.9 Å². The summed E-state index contributed by atoms with van der Waals surface area (Å²) in [6, 6.07) is 0. The van der Waals surface area contributed by atoms with Gasteiger partial charge in [-0.25, -0.2) is 0 Å². The van der Waals surface area contributed by atoms with Crippen LogP contribution in [0.4, 0.5) is 0 Å². The van der Waals surface area contributed by atoms with Crippen LogP contribution in [0.5, 0.6) is 0 Å². The first-order chi connectivity index (χ1) is 7.43. The van der Waals surface area contributed by atoms with Crippen molar-refractivity contribution in [3.63, 3.8) is 0 Å². The maximum Gasteiger partial charge on any atom is 0.181 e. The predicted molar refractivity (Wildman–Crippen MR) is 51.3 cm³/mol. The molecule has 0 N–H and O–H groups in total. The predicted octanol–water partition coefficient (Wildman–Crippen LogP) is 0.703. The number of rotatable bonds is 8. The van der Waals surface area contributed by atoms with Gasteiger partial charge < -0.3 is 18.9 Å². The molecular formula is C8H15N3O4. The average molecular weight is 217 g/mol. The second-order valence-corrected chi connectivity index (χ2v) is 2.81. The van der Waals surface area contributed by atoms with Gasteiger partial charge in [0.1, 0.15) is 0 Å². The normalized spacial score (nSPS) is 16.5. The largest absolute Gasteiger partial charge is 0.379 e. The van der Waals surface area contributed by atoms with Crippen molar-refractivity contribution in [3.05, 3.63) is 10.4 Å². The van der Waals surface area contributed by atoms with Crippen molar-refractivity contribution in [2.45, 2.75) is 6.29 Å². The summed E-state index contributed by atoms with van der Waals surface area (Å²) in [6.07, 6.45) is -0.229. The Bertz CT molecular complexity index is 202. The van der Waals surface area contributed by atoms with E-state index in [0.29, 0.717) is 46.2 Å². The van der Waals surface area contributed by atoms with Crippen molar-refractivity contribution in [3.8, 4) is 0 Å². The van der Waals surface area contributed by atoms with Gasteiger partial charge in [0.05, 0.1) is 39.6 Å². The highest BCUT2D eigenvalue weighted by molar-refractivity contribution is 4.49. The summed E-state index contributed by atoms with van der Waals surface area (Å²) >= 11 is 0. The minimum Gasteiger partial charge on any atom is -0.379 e. The number of hydrogen-bond acceptors (Lipinski definition) is 5. The fraction of sp³-hybridized carbons (Fsp3) is 1.00. The maximum absolute atomic E-state index is 7.98. The zero-order chi connectivity index (χ0) is 10.8. The third kappa shape index (κ3) is 6.27. The van der Waals surface area contributed by atoms with Crippen LogP contribution < -0.4 is 0 Å². The molecule has 0 atom stereocenters. The molecule has 7 heteroatoms. The van der Waals surface area contributed by atoms with E-state index in [2.05, 4.69) is 10.0 Å². The summed E-state index contributed by atoms with van der Waals surface area (Å²) in [7, 11) is 0. The van der Waals surface area contributed by atoms with Crippen LogP contribution in [0.1, 0.15) is 0 Å². The molecule has 0 spiro atoms. The van der Waals surface area contributed by atoms with Gasteiger partial charge in [0.25, 0.3) is 0 Å². The molecule has 1 aliphatic rings. The van der Waals surface area contributed by atoms with Gasteiger partial charge in [-0.05, 0) is 5.53 Å². The molecule has 15 heavy (non-hydrogen) atoms. The fourth-order valence-corrected chi connectivity index (χ4v) is 1.05. The van der Waals surface area contributed by atoms with E-state index < -0.39 is 0 Å². The van der Waals surface area contributed by atoms with E-state index in [0.717, 1.165) is 0 Å². The zero-order valence-corrected chi connectivity index (χ0v) is 8.50. The molecule has 1 fully saturated rings. The Hall–Kier alpha value is -0.850. The fourth-order valence-electron chi connectivity index (χ4n) is 1.05. The highest BCUT2D eigenvalue weighted by Crippen LogP contribution is 2.03. The molecule has 0 aromatic heterocycles. The Balaban J connectivity index is 1.78. The van der Waals surface area contributed by atoms with Crippen LogP contribution in [0.2, 0.25) is 0 Å². The number of azide groups is 1. The lowest BCUT2D eigenvalue weighted by atomic mass is 10.6. The van der Waals surface area contributed by atoms with Gasteiger partial charge >= 0.3 is 0 Å². The molecule has 0 saturated carbocycles. The van der Waals surface area contributed by atoms with Crippen molar-refractivity contribution >= 4 is 0 Å². The van der Waals surface area contributed by atoms with Crippen molar-refractivity contribution < 1.29 is 18.9 Å². The lowest BCUT2D eigenvalue weighted by molar-refractivity contribution is -0.0994. The van der Waals surface area contributed by atoms with E-state index in [1.807, 2.05) is 0 Å². The van der Waals surface area contributed by atoms with E-state index in [1.54, 1.807) is 0 Å². The molecule has 0 aliphatic carbocycles. The average Bonchev–Trinajstić information content (AvgIpc) is 2.75. The first-order valence-corrected chi connectivity index (χ1v) is 4.83. The Morgan fingerprint density at radius 3 is 2.67 bits per heavy atom. The molecule has 0 amide bonds. The molecule has 7 nitrogen and oxygen atoms in total. The summed E-state index contributed by atoms with van der Waals surface area (Å²) < 4.78 is 20.7. The van der Waals surface area contributed by atoms with Gasteiger partial charge in [-0.15, -0.1) is 0 Å². The first kappa shape index (κ1) is 12.2.